The third-order valence-corrected chi connectivity index (χ3v) is 5.68. The molecule has 1 N–H and O–H groups in total. The van der Waals surface area contributed by atoms with E-state index in [1.807, 2.05) is 11.4 Å². The largest absolute Gasteiger partial charge is 0.348 e. The van der Waals surface area contributed by atoms with Crippen LogP contribution in [0.3, 0.4) is 0 Å². The topological polar surface area (TPSA) is 45.2 Å². The zero-order valence-corrected chi connectivity index (χ0v) is 14.2. The minimum Gasteiger partial charge on any atom is -0.348 e. The molecular weight excluding hydrogens is 325 g/mol. The molecule has 2 aromatic rings. The molecule has 4 nitrogen and oxygen atoms in total. The second kappa shape index (κ2) is 6.51. The number of carbonyl (C=O) groups is 1. The molecule has 1 aromatic carbocycles. The molecule has 2 aliphatic rings. The summed E-state index contributed by atoms with van der Waals surface area (Å²) >= 11 is 1.58. The zero-order valence-electron chi connectivity index (χ0n) is 13.4. The number of anilines is 2. The number of thiazole rings is 1. The molecule has 2 atom stereocenters. The highest BCUT2D eigenvalue weighted by Gasteiger charge is 2.44. The molecule has 1 aromatic heterocycles. The lowest BCUT2D eigenvalue weighted by atomic mass is 10.1. The molecule has 1 saturated heterocycles. The normalized spacial score (nSPS) is 23.1. The van der Waals surface area contributed by atoms with Gasteiger partial charge in [0.05, 0.1) is 0 Å². The summed E-state index contributed by atoms with van der Waals surface area (Å²) in [6, 6.07) is 6.54. The molecule has 1 saturated carbocycles. The van der Waals surface area contributed by atoms with E-state index >= 15 is 0 Å². The van der Waals surface area contributed by atoms with Gasteiger partial charge in [-0.3, -0.25) is 4.79 Å². The summed E-state index contributed by atoms with van der Waals surface area (Å²) in [6.45, 7) is 2.09. The van der Waals surface area contributed by atoms with E-state index in [4.69, 9.17) is 0 Å². The number of nitrogens with zero attached hydrogens (tertiary/aromatic N) is 2. The first-order chi connectivity index (χ1) is 11.7. The number of amides is 1. The number of nitrogens with one attached hydrogen (secondary N) is 1. The molecule has 0 unspecified atom stereocenters. The fourth-order valence-corrected chi connectivity index (χ4v) is 4.17. The van der Waals surface area contributed by atoms with Gasteiger partial charge in [0.2, 0.25) is 5.91 Å². The highest BCUT2D eigenvalue weighted by atomic mass is 32.1. The van der Waals surface area contributed by atoms with Crippen molar-refractivity contribution in [2.75, 3.05) is 23.3 Å². The van der Waals surface area contributed by atoms with Gasteiger partial charge in [-0.15, -0.1) is 11.3 Å². The number of carbonyl (C=O) groups excluding carboxylic acids is 1. The predicted molar refractivity (Wildman–Crippen MR) is 94.1 cm³/mol. The summed E-state index contributed by atoms with van der Waals surface area (Å²) in [6.07, 6.45) is 4.48. The summed E-state index contributed by atoms with van der Waals surface area (Å²) in [7, 11) is 0. The molecule has 0 bridgehead atoms. The molecule has 126 valence electrons. The van der Waals surface area contributed by atoms with Crippen LogP contribution >= 0.6 is 11.3 Å². The Hall–Kier alpha value is -1.95. The Bertz CT molecular complexity index is 741. The van der Waals surface area contributed by atoms with E-state index in [2.05, 4.69) is 15.2 Å². The van der Waals surface area contributed by atoms with Crippen molar-refractivity contribution < 1.29 is 9.18 Å². The van der Waals surface area contributed by atoms with E-state index in [0.717, 1.165) is 30.2 Å². The smallest absolute Gasteiger partial charge is 0.229 e. The highest BCUT2D eigenvalue weighted by Crippen LogP contribution is 2.48. The fourth-order valence-electron chi connectivity index (χ4n) is 3.36. The van der Waals surface area contributed by atoms with Gasteiger partial charge >= 0.3 is 0 Å². The third kappa shape index (κ3) is 3.29. The summed E-state index contributed by atoms with van der Waals surface area (Å²) < 4.78 is 13.3. The Labute approximate surface area is 144 Å². The van der Waals surface area contributed by atoms with Gasteiger partial charge in [-0.2, -0.15) is 0 Å². The number of piperidine rings is 1. The van der Waals surface area contributed by atoms with Crippen LogP contribution in [0.2, 0.25) is 0 Å². The van der Waals surface area contributed by atoms with Gasteiger partial charge in [0.1, 0.15) is 11.6 Å². The van der Waals surface area contributed by atoms with Gasteiger partial charge in [0.25, 0.3) is 0 Å². The van der Waals surface area contributed by atoms with Crippen LogP contribution in [0.15, 0.2) is 29.6 Å². The first-order valence-electron chi connectivity index (χ1n) is 8.47. The van der Waals surface area contributed by atoms with Crippen molar-refractivity contribution in [1.82, 2.24) is 4.98 Å². The highest BCUT2D eigenvalue weighted by molar-refractivity contribution is 7.14. The van der Waals surface area contributed by atoms with Crippen molar-refractivity contribution in [1.29, 1.82) is 0 Å². The molecule has 4 rings (SSSR count). The molecule has 2 heterocycles. The van der Waals surface area contributed by atoms with Gasteiger partial charge in [0, 0.05) is 24.4 Å². The maximum atomic E-state index is 13.3. The van der Waals surface area contributed by atoms with Crippen LogP contribution in [0.25, 0.3) is 0 Å². The summed E-state index contributed by atoms with van der Waals surface area (Å²) in [5.41, 5.74) is 0.905. The molecule has 0 spiro atoms. The Morgan fingerprint density at radius 3 is 2.92 bits per heavy atom. The number of hydrogen-bond acceptors (Lipinski definition) is 4. The number of rotatable bonds is 4. The number of benzene rings is 1. The van der Waals surface area contributed by atoms with Crippen LogP contribution in [0, 0.1) is 11.7 Å². The monoisotopic (exact) mass is 345 g/mol. The van der Waals surface area contributed by atoms with E-state index in [1.165, 1.54) is 31.4 Å². The van der Waals surface area contributed by atoms with Gasteiger partial charge in [-0.1, -0.05) is 12.1 Å². The lowest BCUT2D eigenvalue weighted by Crippen LogP contribution is -2.29. The van der Waals surface area contributed by atoms with E-state index in [9.17, 15) is 9.18 Å². The van der Waals surface area contributed by atoms with Crippen LogP contribution in [0.1, 0.15) is 37.2 Å². The lowest BCUT2D eigenvalue weighted by molar-refractivity contribution is -0.117. The van der Waals surface area contributed by atoms with Crippen LogP contribution in [0.5, 0.6) is 0 Å². The van der Waals surface area contributed by atoms with E-state index in [-0.39, 0.29) is 23.6 Å². The minimum absolute atomic E-state index is 0.0141. The quantitative estimate of drug-likeness (QED) is 0.910. The number of hydrogen-bond donors (Lipinski definition) is 1. The number of aromatic nitrogens is 1. The van der Waals surface area contributed by atoms with Gasteiger partial charge in [-0.05, 0) is 49.3 Å². The summed E-state index contributed by atoms with van der Waals surface area (Å²) in [4.78, 5) is 19.2. The molecule has 0 radical (unpaired) electrons. The van der Waals surface area contributed by atoms with Gasteiger partial charge < -0.3 is 10.2 Å². The average Bonchev–Trinajstić information content (AvgIpc) is 3.28. The summed E-state index contributed by atoms with van der Waals surface area (Å²) in [5, 5.41) is 5.81. The molecule has 1 aliphatic carbocycles. The SMILES string of the molecule is O=C(Nc1csc(N2CCCCC2)n1)[C@H]1C[C@@H]1c1cccc(F)c1. The molecule has 24 heavy (non-hydrogen) atoms. The fraction of sp³-hybridized carbons (Fsp3) is 0.444. The molecule has 2 fully saturated rings. The first-order valence-corrected chi connectivity index (χ1v) is 9.35. The van der Waals surface area contributed by atoms with E-state index in [0.29, 0.717) is 5.82 Å². The van der Waals surface area contributed by atoms with Gasteiger partial charge in [-0.25, -0.2) is 9.37 Å². The van der Waals surface area contributed by atoms with Crippen LogP contribution < -0.4 is 10.2 Å². The molecule has 6 heteroatoms. The lowest BCUT2D eigenvalue weighted by Gasteiger charge is -2.25. The Balaban J connectivity index is 1.36. The first kappa shape index (κ1) is 15.6. The van der Waals surface area contributed by atoms with Crippen molar-refractivity contribution in [3.8, 4) is 0 Å². The predicted octanol–water partition coefficient (Wildman–Crippen LogP) is 4.01. The van der Waals surface area contributed by atoms with Crippen LogP contribution in [-0.4, -0.2) is 24.0 Å². The maximum absolute atomic E-state index is 13.3. The van der Waals surface area contributed by atoms with E-state index in [1.54, 1.807) is 17.4 Å². The van der Waals surface area contributed by atoms with Crippen molar-refractivity contribution in [2.45, 2.75) is 31.6 Å². The van der Waals surface area contributed by atoms with Crippen molar-refractivity contribution in [3.05, 3.63) is 41.0 Å². The minimum atomic E-state index is -0.246. The van der Waals surface area contributed by atoms with Gasteiger partial charge in [0.15, 0.2) is 5.13 Å². The maximum Gasteiger partial charge on any atom is 0.229 e. The second-order valence-electron chi connectivity index (χ2n) is 6.56. The zero-order chi connectivity index (χ0) is 16.5. The van der Waals surface area contributed by atoms with E-state index < -0.39 is 0 Å². The van der Waals surface area contributed by atoms with Crippen molar-refractivity contribution >= 4 is 28.2 Å². The Morgan fingerprint density at radius 1 is 1.29 bits per heavy atom. The molecule has 1 amide bonds. The van der Waals surface area contributed by atoms with Crippen molar-refractivity contribution in [3.63, 3.8) is 0 Å². The Morgan fingerprint density at radius 2 is 2.12 bits per heavy atom. The summed E-state index contributed by atoms with van der Waals surface area (Å²) in [5.74, 6) is 0.423. The number of halogens is 1. The second-order valence-corrected chi connectivity index (χ2v) is 7.39. The molecular formula is C18H20FN3OS. The van der Waals surface area contributed by atoms with Crippen LogP contribution in [0.4, 0.5) is 15.3 Å². The van der Waals surface area contributed by atoms with Crippen LogP contribution in [-0.2, 0) is 4.79 Å². The Kier molecular flexibility index (Phi) is 4.22. The standard InChI is InChI=1S/C18H20FN3OS/c19-13-6-4-5-12(9-13)14-10-15(14)17(23)20-16-11-24-18(21-16)22-7-2-1-3-8-22/h4-6,9,11,14-15H,1-3,7-8,10H2,(H,20,23)/t14-,15+/m1/s1. The van der Waals surface area contributed by atoms with Crippen molar-refractivity contribution in [2.24, 2.45) is 5.92 Å². The third-order valence-electron chi connectivity index (χ3n) is 4.77. The average molecular weight is 345 g/mol. The molecule has 1 aliphatic heterocycles.